The van der Waals surface area contributed by atoms with E-state index in [0.29, 0.717) is 17.9 Å². The van der Waals surface area contributed by atoms with Crippen molar-refractivity contribution in [1.29, 1.82) is 0 Å². The van der Waals surface area contributed by atoms with Gasteiger partial charge in [0.25, 0.3) is 0 Å². The van der Waals surface area contributed by atoms with Crippen molar-refractivity contribution < 1.29 is 23.8 Å². The molecule has 38 heavy (non-hydrogen) atoms. The predicted molar refractivity (Wildman–Crippen MR) is 150 cm³/mol. The largest absolute Gasteiger partial charge is 0.502 e. The molecule has 1 aliphatic carbocycles. The monoisotopic (exact) mass is 515 g/mol. The Labute approximate surface area is 223 Å². The number of phenols is 1. The quantitative estimate of drug-likeness (QED) is 0.347. The molecule has 0 saturated carbocycles. The molecule has 0 fully saturated rings. The summed E-state index contributed by atoms with van der Waals surface area (Å²) in [7, 11) is 2.98. The Morgan fingerprint density at radius 1 is 0.974 bits per heavy atom. The summed E-state index contributed by atoms with van der Waals surface area (Å²) in [6.45, 7) is 8.40. The zero-order valence-corrected chi connectivity index (χ0v) is 22.7. The highest BCUT2D eigenvalue weighted by atomic mass is 19.1. The van der Waals surface area contributed by atoms with Crippen LogP contribution in [0.1, 0.15) is 56.4 Å². The Morgan fingerprint density at radius 2 is 1.61 bits per heavy atom. The van der Waals surface area contributed by atoms with E-state index in [0.717, 1.165) is 39.1 Å². The number of hydrogen-bond acceptors (Lipinski definition) is 4. The van der Waals surface area contributed by atoms with Crippen molar-refractivity contribution in [3.63, 3.8) is 0 Å². The Bertz CT molecular complexity index is 1400. The summed E-state index contributed by atoms with van der Waals surface area (Å²) in [4.78, 5) is 13.0. The van der Waals surface area contributed by atoms with Gasteiger partial charge < -0.3 is 19.9 Å². The van der Waals surface area contributed by atoms with Gasteiger partial charge >= 0.3 is 0 Å². The summed E-state index contributed by atoms with van der Waals surface area (Å²) < 4.78 is 24.8. The van der Waals surface area contributed by atoms with Crippen LogP contribution in [0.25, 0.3) is 11.1 Å². The first-order valence-electron chi connectivity index (χ1n) is 12.6. The van der Waals surface area contributed by atoms with Gasteiger partial charge in [-0.25, -0.2) is 4.39 Å². The SMILES string of the molecule is COc1cc(C/C=C2/C(C)=C(CC(=O)Nc3ccc(C(C)(C)C)cc3)c3cc(F)ccc32)cc(OC)c1O. The second kappa shape index (κ2) is 10.7. The van der Waals surface area contributed by atoms with Crippen LogP contribution in [0.3, 0.4) is 0 Å². The third-order valence-corrected chi connectivity index (χ3v) is 6.91. The number of rotatable bonds is 7. The maximum Gasteiger partial charge on any atom is 0.228 e. The highest BCUT2D eigenvalue weighted by molar-refractivity contribution is 6.06. The number of methoxy groups -OCH3 is 2. The first kappa shape index (κ1) is 27.0. The number of benzene rings is 3. The number of halogens is 1. The van der Waals surface area contributed by atoms with Crippen LogP contribution in [0.4, 0.5) is 10.1 Å². The molecule has 6 heteroatoms. The number of phenolic OH excluding ortho intramolecular Hbond substituents is 1. The standard InChI is InChI=1S/C32H34FNO4/c1-19-24(13-7-20-15-28(37-5)31(36)29(16-20)38-6)25-14-10-22(33)17-27(25)26(19)18-30(35)34-23-11-8-21(9-12-23)32(2,3)4/h8-17,36H,7,18H2,1-6H3,(H,34,35)/b24-13-. The van der Waals surface area contributed by atoms with Crippen LogP contribution in [0, 0.1) is 5.82 Å². The number of nitrogens with one attached hydrogen (secondary N) is 1. The number of aromatic hydroxyl groups is 1. The van der Waals surface area contributed by atoms with Crippen LogP contribution in [0.15, 0.2) is 66.2 Å². The fraction of sp³-hybridized carbons (Fsp3) is 0.281. The molecule has 4 rings (SSSR count). The van der Waals surface area contributed by atoms with Gasteiger partial charge in [-0.1, -0.05) is 45.0 Å². The van der Waals surface area contributed by atoms with E-state index in [9.17, 15) is 14.3 Å². The molecule has 2 N–H and O–H groups in total. The van der Waals surface area contributed by atoms with Crippen LogP contribution in [0.5, 0.6) is 17.2 Å². The van der Waals surface area contributed by atoms with Gasteiger partial charge in [0.2, 0.25) is 11.7 Å². The highest BCUT2D eigenvalue weighted by Crippen LogP contribution is 2.44. The van der Waals surface area contributed by atoms with Crippen molar-refractivity contribution in [3.8, 4) is 17.2 Å². The smallest absolute Gasteiger partial charge is 0.228 e. The van der Waals surface area contributed by atoms with Crippen molar-refractivity contribution in [2.45, 2.75) is 46.0 Å². The lowest BCUT2D eigenvalue weighted by atomic mass is 9.87. The molecule has 5 nitrogen and oxygen atoms in total. The van der Waals surface area contributed by atoms with Gasteiger partial charge in [-0.2, -0.15) is 0 Å². The highest BCUT2D eigenvalue weighted by Gasteiger charge is 2.26. The number of amides is 1. The minimum Gasteiger partial charge on any atom is -0.502 e. The zero-order chi connectivity index (χ0) is 27.6. The summed E-state index contributed by atoms with van der Waals surface area (Å²) in [5, 5.41) is 13.2. The number of anilines is 1. The van der Waals surface area contributed by atoms with Crippen LogP contribution < -0.4 is 14.8 Å². The second-order valence-electron chi connectivity index (χ2n) is 10.5. The first-order chi connectivity index (χ1) is 18.0. The fourth-order valence-electron chi connectivity index (χ4n) is 4.76. The van der Waals surface area contributed by atoms with Gasteiger partial charge in [0.15, 0.2) is 11.5 Å². The number of ether oxygens (including phenoxy) is 2. The lowest BCUT2D eigenvalue weighted by molar-refractivity contribution is -0.115. The maximum absolute atomic E-state index is 14.3. The average Bonchev–Trinajstić information content (AvgIpc) is 3.12. The Balaban J connectivity index is 1.61. The topological polar surface area (TPSA) is 67.8 Å². The molecule has 1 amide bonds. The molecule has 0 aromatic heterocycles. The molecule has 0 saturated heterocycles. The molecule has 0 radical (unpaired) electrons. The molecular formula is C32H34FNO4. The number of fused-ring (bicyclic) bond motifs is 1. The number of carbonyl (C=O) groups excluding carboxylic acids is 1. The van der Waals surface area contributed by atoms with Crippen molar-refractivity contribution in [3.05, 3.63) is 94.3 Å². The van der Waals surface area contributed by atoms with Crippen molar-refractivity contribution in [2.75, 3.05) is 19.5 Å². The second-order valence-corrected chi connectivity index (χ2v) is 10.5. The van der Waals surface area contributed by atoms with Gasteiger partial charge in [0.1, 0.15) is 5.82 Å². The number of carbonyl (C=O) groups is 1. The summed E-state index contributed by atoms with van der Waals surface area (Å²) in [6.07, 6.45) is 2.70. The molecule has 0 spiro atoms. The van der Waals surface area contributed by atoms with Crippen LogP contribution in [-0.2, 0) is 16.6 Å². The molecule has 1 aliphatic rings. The van der Waals surface area contributed by atoms with Gasteiger partial charge in [0, 0.05) is 5.69 Å². The predicted octanol–water partition coefficient (Wildman–Crippen LogP) is 7.29. The Kier molecular flexibility index (Phi) is 7.63. The molecule has 0 atom stereocenters. The number of hydrogen-bond donors (Lipinski definition) is 2. The third kappa shape index (κ3) is 5.59. The molecule has 0 bridgehead atoms. The van der Waals surface area contributed by atoms with Gasteiger partial charge in [0.05, 0.1) is 20.6 Å². The Morgan fingerprint density at radius 3 is 2.18 bits per heavy atom. The summed E-state index contributed by atoms with van der Waals surface area (Å²) in [5.74, 6) is 0.0953. The van der Waals surface area contributed by atoms with E-state index in [2.05, 4.69) is 26.1 Å². The molecule has 198 valence electrons. The van der Waals surface area contributed by atoms with Gasteiger partial charge in [-0.15, -0.1) is 0 Å². The van der Waals surface area contributed by atoms with E-state index in [4.69, 9.17) is 9.47 Å². The summed E-state index contributed by atoms with van der Waals surface area (Å²) in [6, 6.07) is 16.1. The minimum atomic E-state index is -0.346. The summed E-state index contributed by atoms with van der Waals surface area (Å²) >= 11 is 0. The lowest BCUT2D eigenvalue weighted by Crippen LogP contribution is -2.13. The maximum atomic E-state index is 14.3. The normalized spacial score (nSPS) is 14.0. The molecule has 0 aliphatic heterocycles. The van der Waals surface area contributed by atoms with Crippen LogP contribution in [0.2, 0.25) is 0 Å². The van der Waals surface area contributed by atoms with E-state index >= 15 is 0 Å². The molecular weight excluding hydrogens is 481 g/mol. The van der Waals surface area contributed by atoms with E-state index in [1.54, 1.807) is 18.2 Å². The summed E-state index contributed by atoms with van der Waals surface area (Å²) in [5.41, 5.74) is 7.12. The zero-order valence-electron chi connectivity index (χ0n) is 22.7. The van der Waals surface area contributed by atoms with E-state index in [-0.39, 0.29) is 29.3 Å². The molecule has 3 aromatic rings. The van der Waals surface area contributed by atoms with Crippen molar-refractivity contribution in [1.82, 2.24) is 0 Å². The third-order valence-electron chi connectivity index (χ3n) is 6.91. The van der Waals surface area contributed by atoms with E-state index in [1.165, 1.54) is 31.9 Å². The molecule has 3 aromatic carbocycles. The average molecular weight is 516 g/mol. The van der Waals surface area contributed by atoms with Crippen LogP contribution >= 0.6 is 0 Å². The Hall–Kier alpha value is -4.06. The number of allylic oxidation sites excluding steroid dienone is 3. The van der Waals surface area contributed by atoms with E-state index in [1.807, 2.05) is 37.3 Å². The fourth-order valence-corrected chi connectivity index (χ4v) is 4.76. The van der Waals surface area contributed by atoms with Crippen molar-refractivity contribution in [2.24, 2.45) is 0 Å². The molecule has 0 unspecified atom stereocenters. The van der Waals surface area contributed by atoms with Crippen molar-refractivity contribution >= 4 is 22.7 Å². The van der Waals surface area contributed by atoms with E-state index < -0.39 is 0 Å². The van der Waals surface area contributed by atoms with Crippen LogP contribution in [-0.4, -0.2) is 25.2 Å². The minimum absolute atomic E-state index is 0.0290. The molecule has 0 heterocycles. The first-order valence-corrected chi connectivity index (χ1v) is 12.6. The van der Waals surface area contributed by atoms with Gasteiger partial charge in [-0.05, 0) is 94.1 Å². The van der Waals surface area contributed by atoms with Gasteiger partial charge in [-0.3, -0.25) is 4.79 Å². The lowest BCUT2D eigenvalue weighted by Gasteiger charge is -2.19.